The highest BCUT2D eigenvalue weighted by Gasteiger charge is 2.23. The highest BCUT2D eigenvalue weighted by Crippen LogP contribution is 2.40. The number of rotatable bonds is 24. The highest BCUT2D eigenvalue weighted by molar-refractivity contribution is 5.98. The quantitative estimate of drug-likeness (QED) is 0.0333. The number of aryl methyl sites for hydroxylation is 2. The molecule has 364 valence electrons. The van der Waals surface area contributed by atoms with E-state index in [4.69, 9.17) is 18.3 Å². The molecule has 0 amide bonds. The van der Waals surface area contributed by atoms with Crippen molar-refractivity contribution < 1.29 is 27.9 Å². The van der Waals surface area contributed by atoms with E-state index in [0.29, 0.717) is 21.9 Å². The lowest BCUT2D eigenvalue weighted by Gasteiger charge is -2.13. The maximum atomic E-state index is 13.0. The van der Waals surface area contributed by atoms with E-state index in [9.17, 15) is 19.2 Å². The fourth-order valence-corrected chi connectivity index (χ4v) is 9.73. The van der Waals surface area contributed by atoms with Crippen LogP contribution < -0.4 is 11.3 Å². The molecule has 0 saturated heterocycles. The average Bonchev–Trinajstić information content (AvgIpc) is 3.94. The zero-order chi connectivity index (χ0) is 49.0. The molecule has 0 bridgehead atoms. The Morgan fingerprint density at radius 3 is 1.16 bits per heavy atom. The number of methoxy groups -OCH3 is 2. The SMILES string of the molecule is CCCCCCCCCCc1ccc(-n2c(-c3ccc4cc(C(=O)OC)c(=O)oc4c3)cc3c2cc(-c2ccc4cc(C(=O)OC)c(=O)oc4c2)n3-c2ccc(CCCCCCCCCC)cc2)cc1. The number of unbranched alkanes of at least 4 members (excludes halogenated alkanes) is 14. The zero-order valence-corrected chi connectivity index (χ0v) is 41.3. The molecule has 0 spiro atoms. The normalized spacial score (nSPS) is 11.5. The molecule has 0 atom stereocenters. The summed E-state index contributed by atoms with van der Waals surface area (Å²) in [6.45, 7) is 4.51. The van der Waals surface area contributed by atoms with E-state index in [1.165, 1.54) is 127 Å². The lowest BCUT2D eigenvalue weighted by molar-refractivity contribution is 0.0587. The molecular formula is C60H66N2O8. The molecule has 8 aromatic rings. The summed E-state index contributed by atoms with van der Waals surface area (Å²) in [7, 11) is 2.47. The fraction of sp³-hybridized carbons (Fsp3) is 0.367. The molecule has 8 rings (SSSR count). The summed E-state index contributed by atoms with van der Waals surface area (Å²) in [4.78, 5) is 50.9. The predicted molar refractivity (Wildman–Crippen MR) is 281 cm³/mol. The predicted octanol–water partition coefficient (Wildman–Crippen LogP) is 14.9. The number of nitrogens with zero attached hydrogens (tertiary/aromatic N) is 2. The van der Waals surface area contributed by atoms with Crippen LogP contribution in [0.5, 0.6) is 0 Å². The first kappa shape index (κ1) is 49.5. The number of hydrogen-bond donors (Lipinski definition) is 0. The monoisotopic (exact) mass is 942 g/mol. The van der Waals surface area contributed by atoms with Gasteiger partial charge >= 0.3 is 23.2 Å². The van der Waals surface area contributed by atoms with Crippen LogP contribution >= 0.6 is 0 Å². The van der Waals surface area contributed by atoms with Gasteiger partial charge in [0.2, 0.25) is 0 Å². The van der Waals surface area contributed by atoms with Crippen molar-refractivity contribution >= 4 is 44.9 Å². The number of carbonyl (C=O) groups is 2. The van der Waals surface area contributed by atoms with Crippen LogP contribution in [0.15, 0.2) is 128 Å². The van der Waals surface area contributed by atoms with Crippen molar-refractivity contribution in [1.29, 1.82) is 0 Å². The number of esters is 2. The van der Waals surface area contributed by atoms with Crippen LogP contribution in [-0.4, -0.2) is 35.3 Å². The van der Waals surface area contributed by atoms with Gasteiger partial charge in [-0.2, -0.15) is 0 Å². The molecule has 0 fully saturated rings. The average molecular weight is 943 g/mol. The van der Waals surface area contributed by atoms with Crippen molar-refractivity contribution in [3.8, 4) is 33.9 Å². The Balaban J connectivity index is 1.22. The lowest BCUT2D eigenvalue weighted by atomic mass is 10.0. The summed E-state index contributed by atoms with van der Waals surface area (Å²) >= 11 is 0. The molecule has 0 aliphatic carbocycles. The van der Waals surface area contributed by atoms with Crippen molar-refractivity contribution in [2.24, 2.45) is 0 Å². The molecule has 0 aliphatic rings. The van der Waals surface area contributed by atoms with E-state index in [-0.39, 0.29) is 11.1 Å². The number of aromatic nitrogens is 2. The first-order valence-electron chi connectivity index (χ1n) is 25.5. The molecule has 4 aromatic carbocycles. The van der Waals surface area contributed by atoms with Crippen LogP contribution in [0.25, 0.3) is 66.9 Å². The fourth-order valence-electron chi connectivity index (χ4n) is 9.73. The second-order valence-corrected chi connectivity index (χ2v) is 18.7. The molecule has 0 unspecified atom stereocenters. The molecule has 4 aromatic heterocycles. The summed E-state index contributed by atoms with van der Waals surface area (Å²) in [5, 5.41) is 1.19. The Hall–Kier alpha value is -6.94. The molecule has 0 saturated carbocycles. The third-order valence-electron chi connectivity index (χ3n) is 13.7. The summed E-state index contributed by atoms with van der Waals surface area (Å²) in [5.41, 5.74) is 8.52. The van der Waals surface area contributed by atoms with Crippen molar-refractivity contribution in [2.75, 3.05) is 14.2 Å². The van der Waals surface area contributed by atoms with Gasteiger partial charge in [0, 0.05) is 33.3 Å². The van der Waals surface area contributed by atoms with Crippen LogP contribution in [0.4, 0.5) is 0 Å². The molecule has 0 radical (unpaired) electrons. The molecule has 0 aliphatic heterocycles. The van der Waals surface area contributed by atoms with Gasteiger partial charge in [0.1, 0.15) is 22.3 Å². The maximum Gasteiger partial charge on any atom is 0.351 e. The molecule has 10 heteroatoms. The van der Waals surface area contributed by atoms with E-state index < -0.39 is 23.2 Å². The van der Waals surface area contributed by atoms with Gasteiger partial charge in [0.25, 0.3) is 0 Å². The Kier molecular flexibility index (Phi) is 16.7. The van der Waals surface area contributed by atoms with E-state index >= 15 is 0 Å². The summed E-state index contributed by atoms with van der Waals surface area (Å²) < 4.78 is 25.7. The second-order valence-electron chi connectivity index (χ2n) is 18.7. The summed E-state index contributed by atoms with van der Waals surface area (Å²) in [6, 6.07) is 36.3. The van der Waals surface area contributed by atoms with Crippen LogP contribution in [-0.2, 0) is 22.3 Å². The Morgan fingerprint density at radius 1 is 0.443 bits per heavy atom. The summed E-state index contributed by atoms with van der Waals surface area (Å²) in [6.07, 6.45) is 22.3. The van der Waals surface area contributed by atoms with Crippen LogP contribution in [0.3, 0.4) is 0 Å². The standard InChI is InChI=1S/C60H66N2O8/c1-5-7-9-11-13-15-17-19-21-41-23-31-47(32-24-41)61-51(43-27-29-45-35-49(57(63)67-3)59(65)69-55(45)37-43)39-54-53(61)40-52(44-28-30-46-36-50(58(64)68-4)60(66)70-56(46)38-44)62(54)48-33-25-42(26-34-48)22-20-18-16-14-12-10-8-6-2/h23-40H,5-22H2,1-4H3. The van der Waals surface area contributed by atoms with Crippen molar-refractivity contribution in [3.05, 3.63) is 152 Å². The molecule has 0 N–H and O–H groups in total. The van der Waals surface area contributed by atoms with E-state index in [1.54, 1.807) is 0 Å². The zero-order valence-electron chi connectivity index (χ0n) is 41.3. The largest absolute Gasteiger partial charge is 0.465 e. The number of ether oxygens (including phenoxy) is 2. The van der Waals surface area contributed by atoms with Gasteiger partial charge in [-0.15, -0.1) is 0 Å². The first-order valence-corrected chi connectivity index (χ1v) is 25.5. The number of fused-ring (bicyclic) bond motifs is 3. The number of carbonyl (C=O) groups excluding carboxylic acids is 2. The van der Waals surface area contributed by atoms with Gasteiger partial charge in [0.15, 0.2) is 0 Å². The van der Waals surface area contributed by atoms with E-state index in [2.05, 4.69) is 83.6 Å². The molecular weight excluding hydrogens is 877 g/mol. The van der Waals surface area contributed by atoms with E-state index in [1.807, 2.05) is 36.4 Å². The summed E-state index contributed by atoms with van der Waals surface area (Å²) in [5.74, 6) is -1.50. The van der Waals surface area contributed by atoms with E-state index in [0.717, 1.165) is 70.6 Å². The van der Waals surface area contributed by atoms with Crippen LogP contribution in [0.2, 0.25) is 0 Å². The maximum absolute atomic E-state index is 13.0. The van der Waals surface area contributed by atoms with Gasteiger partial charge in [0.05, 0.1) is 36.6 Å². The smallest absolute Gasteiger partial charge is 0.351 e. The van der Waals surface area contributed by atoms with Gasteiger partial charge in [-0.25, -0.2) is 19.2 Å². The van der Waals surface area contributed by atoms with Crippen molar-refractivity contribution in [3.63, 3.8) is 0 Å². The minimum absolute atomic E-state index is 0.161. The Morgan fingerprint density at radius 2 is 0.800 bits per heavy atom. The first-order chi connectivity index (χ1) is 34.2. The van der Waals surface area contributed by atoms with Gasteiger partial charge in [-0.3, -0.25) is 0 Å². The van der Waals surface area contributed by atoms with Gasteiger partial charge in [-0.05, 0) is 97.5 Å². The van der Waals surface area contributed by atoms with Crippen LogP contribution in [0.1, 0.15) is 148 Å². The Labute approximate surface area is 410 Å². The molecule has 10 nitrogen and oxygen atoms in total. The minimum Gasteiger partial charge on any atom is -0.465 e. The Bertz CT molecular complexity index is 2970. The topological polar surface area (TPSA) is 123 Å². The highest BCUT2D eigenvalue weighted by atomic mass is 16.5. The van der Waals surface area contributed by atoms with Crippen molar-refractivity contribution in [1.82, 2.24) is 9.13 Å². The number of benzene rings is 4. The van der Waals surface area contributed by atoms with Gasteiger partial charge in [-0.1, -0.05) is 152 Å². The van der Waals surface area contributed by atoms with Crippen LogP contribution in [0, 0.1) is 0 Å². The molecule has 70 heavy (non-hydrogen) atoms. The minimum atomic E-state index is -0.765. The van der Waals surface area contributed by atoms with Gasteiger partial charge < -0.3 is 27.4 Å². The lowest BCUT2D eigenvalue weighted by Crippen LogP contribution is -2.14. The molecule has 4 heterocycles. The second kappa shape index (κ2) is 23.6. The van der Waals surface area contributed by atoms with Crippen molar-refractivity contribution in [2.45, 2.75) is 129 Å². The third-order valence-corrected chi connectivity index (χ3v) is 13.7. The number of hydrogen-bond acceptors (Lipinski definition) is 8. The third kappa shape index (κ3) is 11.4.